The third-order valence-corrected chi connectivity index (χ3v) is 2.07. The van der Waals surface area contributed by atoms with E-state index in [1.54, 1.807) is 7.11 Å². The fourth-order valence-electron chi connectivity index (χ4n) is 1.41. The number of ether oxygens (including phenoxy) is 2. The predicted octanol–water partition coefficient (Wildman–Crippen LogP) is 0.491. The molecular weight excluding hydrogens is 198 g/mol. The highest BCUT2D eigenvalue weighted by atomic mass is 16.5. The molecule has 0 rings (SSSR count). The summed E-state index contributed by atoms with van der Waals surface area (Å²) in [4.78, 5) is 10.9. The van der Waals surface area contributed by atoms with Crippen LogP contribution in [0.1, 0.15) is 19.8 Å². The Hall–Kier alpha value is -0.650. The Morgan fingerprint density at radius 3 is 2.33 bits per heavy atom. The van der Waals surface area contributed by atoms with Gasteiger partial charge in [-0.1, -0.05) is 13.3 Å². The maximum atomic E-state index is 10.9. The van der Waals surface area contributed by atoms with E-state index in [2.05, 4.69) is 12.2 Å². The number of rotatable bonds is 9. The molecule has 15 heavy (non-hydrogen) atoms. The van der Waals surface area contributed by atoms with Gasteiger partial charge in [0.1, 0.15) is 6.04 Å². The van der Waals surface area contributed by atoms with Crippen LogP contribution in [-0.2, 0) is 14.3 Å². The van der Waals surface area contributed by atoms with Crippen LogP contribution in [0.2, 0.25) is 0 Å². The fraction of sp³-hybridized carbons (Fsp3) is 0.900. The number of carbonyl (C=O) groups is 1. The first-order valence-corrected chi connectivity index (χ1v) is 5.12. The molecule has 0 fully saturated rings. The minimum atomic E-state index is -0.894. The van der Waals surface area contributed by atoms with E-state index in [9.17, 15) is 4.79 Å². The molecule has 5 heteroatoms. The van der Waals surface area contributed by atoms with Crippen LogP contribution >= 0.6 is 0 Å². The molecular formula is C10H21NO4. The van der Waals surface area contributed by atoms with Crippen molar-refractivity contribution in [2.75, 3.05) is 27.4 Å². The average molecular weight is 219 g/mol. The molecule has 0 aliphatic heterocycles. The van der Waals surface area contributed by atoms with Gasteiger partial charge >= 0.3 is 5.97 Å². The van der Waals surface area contributed by atoms with E-state index in [4.69, 9.17) is 14.6 Å². The van der Waals surface area contributed by atoms with Gasteiger partial charge < -0.3 is 14.6 Å². The molecule has 0 saturated carbocycles. The third-order valence-electron chi connectivity index (χ3n) is 2.07. The predicted molar refractivity (Wildman–Crippen MR) is 57.0 cm³/mol. The van der Waals surface area contributed by atoms with E-state index < -0.39 is 12.0 Å². The minimum absolute atomic E-state index is 0.0660. The molecule has 2 unspecified atom stereocenters. The van der Waals surface area contributed by atoms with E-state index in [0.717, 1.165) is 12.8 Å². The second-order valence-corrected chi connectivity index (χ2v) is 3.45. The molecule has 2 N–H and O–H groups in total. The van der Waals surface area contributed by atoms with Crippen molar-refractivity contribution in [1.29, 1.82) is 0 Å². The topological polar surface area (TPSA) is 67.8 Å². The average Bonchev–Trinajstić information content (AvgIpc) is 2.17. The number of hydrogen-bond acceptors (Lipinski definition) is 4. The van der Waals surface area contributed by atoms with Crippen LogP contribution in [0.4, 0.5) is 0 Å². The molecule has 0 heterocycles. The summed E-state index contributed by atoms with van der Waals surface area (Å²) in [5.41, 5.74) is 0. The Labute approximate surface area is 90.8 Å². The van der Waals surface area contributed by atoms with Gasteiger partial charge in [-0.15, -0.1) is 0 Å². The lowest BCUT2D eigenvalue weighted by atomic mass is 10.1. The molecule has 2 atom stereocenters. The van der Waals surface area contributed by atoms with Crippen molar-refractivity contribution in [3.63, 3.8) is 0 Å². The normalized spacial score (nSPS) is 14.9. The van der Waals surface area contributed by atoms with Crippen molar-refractivity contribution in [2.45, 2.75) is 31.8 Å². The molecule has 0 aromatic rings. The standard InChI is InChI=1S/C10H21NO4/c1-4-5-8(6-14-2)11-9(7-15-3)10(12)13/h8-9,11H,4-7H2,1-3H3,(H,12,13). The van der Waals surface area contributed by atoms with Crippen molar-refractivity contribution in [1.82, 2.24) is 5.32 Å². The van der Waals surface area contributed by atoms with Crippen LogP contribution in [0, 0.1) is 0 Å². The van der Waals surface area contributed by atoms with Gasteiger partial charge in [0.15, 0.2) is 0 Å². The highest BCUT2D eigenvalue weighted by molar-refractivity contribution is 5.73. The number of nitrogens with one attached hydrogen (secondary N) is 1. The summed E-state index contributed by atoms with van der Waals surface area (Å²) in [6.07, 6.45) is 1.88. The number of aliphatic carboxylic acids is 1. The van der Waals surface area contributed by atoms with Crippen LogP contribution < -0.4 is 5.32 Å². The van der Waals surface area contributed by atoms with E-state index in [0.29, 0.717) is 6.61 Å². The zero-order chi connectivity index (χ0) is 11.7. The zero-order valence-electron chi connectivity index (χ0n) is 9.66. The maximum Gasteiger partial charge on any atom is 0.323 e. The Morgan fingerprint density at radius 1 is 1.33 bits per heavy atom. The Morgan fingerprint density at radius 2 is 1.93 bits per heavy atom. The largest absolute Gasteiger partial charge is 0.480 e. The Bertz CT molecular complexity index is 169. The lowest BCUT2D eigenvalue weighted by Gasteiger charge is -2.21. The molecule has 0 bridgehead atoms. The summed E-state index contributed by atoms with van der Waals surface area (Å²) >= 11 is 0. The summed E-state index contributed by atoms with van der Waals surface area (Å²) < 4.78 is 9.86. The van der Waals surface area contributed by atoms with E-state index in [1.165, 1.54) is 7.11 Å². The summed E-state index contributed by atoms with van der Waals surface area (Å²) in [6, 6.07) is -0.599. The highest BCUT2D eigenvalue weighted by Gasteiger charge is 2.20. The SMILES string of the molecule is CCCC(COC)NC(COC)C(=O)O. The molecule has 0 spiro atoms. The molecule has 0 aromatic carbocycles. The van der Waals surface area contributed by atoms with Crippen LogP contribution in [0.5, 0.6) is 0 Å². The fourth-order valence-corrected chi connectivity index (χ4v) is 1.41. The van der Waals surface area contributed by atoms with Gasteiger partial charge in [-0.3, -0.25) is 10.1 Å². The third kappa shape index (κ3) is 6.43. The van der Waals surface area contributed by atoms with Gasteiger partial charge in [-0.2, -0.15) is 0 Å². The number of methoxy groups -OCH3 is 2. The lowest BCUT2D eigenvalue weighted by molar-refractivity contribution is -0.141. The smallest absolute Gasteiger partial charge is 0.323 e. The van der Waals surface area contributed by atoms with Crippen LogP contribution in [0.25, 0.3) is 0 Å². The first-order valence-electron chi connectivity index (χ1n) is 5.12. The van der Waals surface area contributed by atoms with E-state index >= 15 is 0 Å². The highest BCUT2D eigenvalue weighted by Crippen LogP contribution is 1.99. The van der Waals surface area contributed by atoms with E-state index in [-0.39, 0.29) is 12.6 Å². The molecule has 0 amide bonds. The Kier molecular flexibility index (Phi) is 8.27. The molecule has 0 saturated heterocycles. The first kappa shape index (κ1) is 14.3. The van der Waals surface area contributed by atoms with Crippen LogP contribution in [0.3, 0.4) is 0 Å². The van der Waals surface area contributed by atoms with Crippen LogP contribution in [-0.4, -0.2) is 50.6 Å². The molecule has 0 aliphatic rings. The Balaban J connectivity index is 4.12. The minimum Gasteiger partial charge on any atom is -0.480 e. The first-order chi connectivity index (χ1) is 7.15. The number of carboxylic acids is 1. The van der Waals surface area contributed by atoms with Crippen molar-refractivity contribution in [3.8, 4) is 0 Å². The summed E-state index contributed by atoms with van der Waals surface area (Å²) in [6.45, 7) is 2.73. The van der Waals surface area contributed by atoms with Crippen molar-refractivity contribution in [2.24, 2.45) is 0 Å². The van der Waals surface area contributed by atoms with Gasteiger partial charge in [0.2, 0.25) is 0 Å². The van der Waals surface area contributed by atoms with Gasteiger partial charge in [0, 0.05) is 20.3 Å². The van der Waals surface area contributed by atoms with Crippen LogP contribution in [0.15, 0.2) is 0 Å². The quantitative estimate of drug-likeness (QED) is 0.590. The maximum absolute atomic E-state index is 10.9. The van der Waals surface area contributed by atoms with Crippen molar-refractivity contribution >= 4 is 5.97 Å². The van der Waals surface area contributed by atoms with E-state index in [1.807, 2.05) is 0 Å². The van der Waals surface area contributed by atoms with Gasteiger partial charge in [0.25, 0.3) is 0 Å². The van der Waals surface area contributed by atoms with Gasteiger partial charge in [-0.25, -0.2) is 0 Å². The molecule has 0 radical (unpaired) electrons. The lowest BCUT2D eigenvalue weighted by Crippen LogP contribution is -2.47. The molecule has 0 aromatic heterocycles. The van der Waals surface area contributed by atoms with Gasteiger partial charge in [0.05, 0.1) is 13.2 Å². The second kappa shape index (κ2) is 8.64. The van der Waals surface area contributed by atoms with Gasteiger partial charge in [-0.05, 0) is 6.42 Å². The molecule has 5 nitrogen and oxygen atoms in total. The summed E-state index contributed by atoms with van der Waals surface area (Å²) in [5.74, 6) is -0.894. The zero-order valence-corrected chi connectivity index (χ0v) is 9.66. The monoisotopic (exact) mass is 219 g/mol. The number of carboxylic acid groups (broad SMARTS) is 1. The summed E-state index contributed by atoms with van der Waals surface area (Å²) in [5, 5.41) is 11.9. The second-order valence-electron chi connectivity index (χ2n) is 3.45. The van der Waals surface area contributed by atoms with Crippen molar-refractivity contribution < 1.29 is 19.4 Å². The number of hydrogen-bond donors (Lipinski definition) is 2. The molecule has 0 aliphatic carbocycles. The molecule has 90 valence electrons. The summed E-state index contributed by atoms with van der Waals surface area (Å²) in [7, 11) is 3.10. The van der Waals surface area contributed by atoms with Crippen molar-refractivity contribution in [3.05, 3.63) is 0 Å².